The molecule has 0 atom stereocenters. The van der Waals surface area contributed by atoms with E-state index in [1.54, 1.807) is 0 Å². The molecule has 7 heteroatoms. The topological polar surface area (TPSA) is 64.0 Å². The van der Waals surface area contributed by atoms with Gasteiger partial charge in [0.1, 0.15) is 16.5 Å². The molecule has 0 saturated carbocycles. The van der Waals surface area contributed by atoms with Gasteiger partial charge < -0.3 is 0 Å². The van der Waals surface area contributed by atoms with Crippen LogP contribution in [-0.4, -0.2) is 18.2 Å². The molecule has 0 unspecified atom stereocenters. The highest BCUT2D eigenvalue weighted by atomic mass is 32.2. The fourth-order valence-corrected chi connectivity index (χ4v) is 2.79. The van der Waals surface area contributed by atoms with Crippen LogP contribution in [0.4, 0.5) is 10.2 Å². The van der Waals surface area contributed by atoms with E-state index < -0.39 is 15.8 Å². The van der Waals surface area contributed by atoms with Crippen molar-refractivity contribution < 1.29 is 12.8 Å². The van der Waals surface area contributed by atoms with Crippen molar-refractivity contribution >= 4 is 15.8 Å². The molecular weight excluding hydrogens is 269 g/mol. The van der Waals surface area contributed by atoms with E-state index in [0.717, 1.165) is 6.07 Å². The van der Waals surface area contributed by atoms with Gasteiger partial charge in [0, 0.05) is 12.1 Å². The molecule has 0 saturated heterocycles. The van der Waals surface area contributed by atoms with Gasteiger partial charge in [0.05, 0.1) is 6.20 Å². The van der Waals surface area contributed by atoms with E-state index in [-0.39, 0.29) is 10.9 Å². The first-order valence-electron chi connectivity index (χ1n) is 5.72. The Morgan fingerprint density at radius 3 is 2.58 bits per heavy atom. The predicted octanol–water partition coefficient (Wildman–Crippen LogP) is 2.40. The van der Waals surface area contributed by atoms with Gasteiger partial charge in [-0.1, -0.05) is 12.1 Å². The average Bonchev–Trinajstić information content (AvgIpc) is 2.76. The maximum absolute atomic E-state index is 13.5. The summed E-state index contributed by atoms with van der Waals surface area (Å²) in [5, 5.41) is 4.01. The highest BCUT2D eigenvalue weighted by Crippen LogP contribution is 2.20. The summed E-state index contributed by atoms with van der Waals surface area (Å²) in [5.74, 6) is -0.483. The lowest BCUT2D eigenvalue weighted by Crippen LogP contribution is -2.18. The van der Waals surface area contributed by atoms with Gasteiger partial charge in [-0.15, -0.1) is 0 Å². The van der Waals surface area contributed by atoms with E-state index in [0.29, 0.717) is 5.82 Å². The first-order chi connectivity index (χ1) is 8.92. The summed E-state index contributed by atoms with van der Waals surface area (Å²) in [6.07, 6.45) is 1.49. The molecule has 2 aromatic rings. The molecule has 19 heavy (non-hydrogen) atoms. The minimum atomic E-state index is -3.96. The zero-order chi connectivity index (χ0) is 14.0. The lowest BCUT2D eigenvalue weighted by atomic mass is 10.4. The third-order valence-corrected chi connectivity index (χ3v) is 3.91. The zero-order valence-electron chi connectivity index (χ0n) is 10.5. The number of hydrogen-bond donors (Lipinski definition) is 1. The van der Waals surface area contributed by atoms with Crippen LogP contribution in [0, 0.1) is 5.82 Å². The van der Waals surface area contributed by atoms with E-state index in [9.17, 15) is 12.8 Å². The Morgan fingerprint density at radius 2 is 1.95 bits per heavy atom. The molecule has 0 aliphatic rings. The summed E-state index contributed by atoms with van der Waals surface area (Å²) in [5.41, 5.74) is 0. The SMILES string of the molecule is CC(C)n1nccc1NS(=O)(=O)c1ccccc1F. The van der Waals surface area contributed by atoms with Crippen LogP contribution in [0.15, 0.2) is 41.4 Å². The molecule has 5 nitrogen and oxygen atoms in total. The van der Waals surface area contributed by atoms with Crippen LogP contribution in [0.2, 0.25) is 0 Å². The van der Waals surface area contributed by atoms with Gasteiger partial charge in [-0.2, -0.15) is 5.10 Å². The van der Waals surface area contributed by atoms with Crippen molar-refractivity contribution in [3.05, 3.63) is 42.3 Å². The summed E-state index contributed by atoms with van der Waals surface area (Å²) >= 11 is 0. The molecule has 1 N–H and O–H groups in total. The number of nitrogens with one attached hydrogen (secondary N) is 1. The summed E-state index contributed by atoms with van der Waals surface area (Å²) < 4.78 is 41.6. The summed E-state index contributed by atoms with van der Waals surface area (Å²) in [6, 6.07) is 6.75. The third-order valence-electron chi connectivity index (χ3n) is 2.52. The second-order valence-electron chi connectivity index (χ2n) is 4.29. The molecule has 1 aromatic heterocycles. The molecule has 0 aliphatic heterocycles. The van der Waals surface area contributed by atoms with Gasteiger partial charge in [-0.05, 0) is 26.0 Å². The van der Waals surface area contributed by atoms with Gasteiger partial charge >= 0.3 is 0 Å². The molecule has 0 radical (unpaired) electrons. The Labute approximate surface area is 111 Å². The van der Waals surface area contributed by atoms with Gasteiger partial charge in [0.25, 0.3) is 10.0 Å². The van der Waals surface area contributed by atoms with Gasteiger partial charge in [0.15, 0.2) is 0 Å². The molecule has 0 bridgehead atoms. The summed E-state index contributed by atoms with van der Waals surface area (Å²) in [4.78, 5) is -0.383. The molecule has 1 aromatic carbocycles. The van der Waals surface area contributed by atoms with E-state index >= 15 is 0 Å². The number of hydrogen-bond acceptors (Lipinski definition) is 3. The Bertz CT molecular complexity index is 680. The second-order valence-corrected chi connectivity index (χ2v) is 5.94. The van der Waals surface area contributed by atoms with Crippen LogP contribution in [0.25, 0.3) is 0 Å². The fourth-order valence-electron chi connectivity index (χ4n) is 1.66. The van der Waals surface area contributed by atoms with Gasteiger partial charge in [-0.3, -0.25) is 4.72 Å². The van der Waals surface area contributed by atoms with Crippen molar-refractivity contribution in [2.75, 3.05) is 4.72 Å². The Hall–Kier alpha value is -1.89. The van der Waals surface area contributed by atoms with Crippen LogP contribution in [0.5, 0.6) is 0 Å². The van der Waals surface area contributed by atoms with Crippen molar-refractivity contribution in [1.29, 1.82) is 0 Å². The van der Waals surface area contributed by atoms with Crippen molar-refractivity contribution in [2.45, 2.75) is 24.8 Å². The first-order valence-corrected chi connectivity index (χ1v) is 7.21. The smallest absolute Gasteiger partial charge is 0.263 e. The fraction of sp³-hybridized carbons (Fsp3) is 0.250. The second kappa shape index (κ2) is 5.00. The van der Waals surface area contributed by atoms with Crippen LogP contribution in [0.1, 0.15) is 19.9 Å². The molecule has 0 amide bonds. The normalized spacial score (nSPS) is 11.8. The van der Waals surface area contributed by atoms with Crippen LogP contribution in [0.3, 0.4) is 0 Å². The Kier molecular flexibility index (Phi) is 3.57. The lowest BCUT2D eigenvalue weighted by Gasteiger charge is -2.13. The number of nitrogens with zero attached hydrogens (tertiary/aromatic N) is 2. The Morgan fingerprint density at radius 1 is 1.26 bits per heavy atom. The van der Waals surface area contributed by atoms with Crippen LogP contribution in [-0.2, 0) is 10.0 Å². The van der Waals surface area contributed by atoms with Crippen LogP contribution >= 0.6 is 0 Å². The number of halogens is 1. The van der Waals surface area contributed by atoms with Gasteiger partial charge in [0.2, 0.25) is 0 Å². The maximum atomic E-state index is 13.5. The standard InChI is InChI=1S/C12H14FN3O2S/c1-9(2)16-12(7-8-14-16)15-19(17,18)11-6-4-3-5-10(11)13/h3-9,15H,1-2H3. The number of anilines is 1. The predicted molar refractivity (Wildman–Crippen MR) is 69.8 cm³/mol. The highest BCUT2D eigenvalue weighted by Gasteiger charge is 2.20. The molecule has 2 rings (SSSR count). The minimum absolute atomic E-state index is 0.00618. The van der Waals surface area contributed by atoms with Crippen molar-refractivity contribution in [2.24, 2.45) is 0 Å². The van der Waals surface area contributed by atoms with E-state index in [4.69, 9.17) is 0 Å². The van der Waals surface area contributed by atoms with Gasteiger partial charge in [-0.25, -0.2) is 17.5 Å². The van der Waals surface area contributed by atoms with E-state index in [1.165, 1.54) is 35.1 Å². The first kappa shape index (κ1) is 13.5. The summed E-state index contributed by atoms with van der Waals surface area (Å²) in [7, 11) is -3.96. The maximum Gasteiger partial charge on any atom is 0.265 e. The van der Waals surface area contributed by atoms with Crippen LogP contribution < -0.4 is 4.72 Å². The summed E-state index contributed by atoms with van der Waals surface area (Å²) in [6.45, 7) is 3.74. The third kappa shape index (κ3) is 2.76. The van der Waals surface area contributed by atoms with Crippen molar-refractivity contribution in [1.82, 2.24) is 9.78 Å². The minimum Gasteiger partial charge on any atom is -0.263 e. The van der Waals surface area contributed by atoms with E-state index in [2.05, 4.69) is 9.82 Å². The molecule has 1 heterocycles. The molecule has 0 fully saturated rings. The monoisotopic (exact) mass is 283 g/mol. The van der Waals surface area contributed by atoms with Crippen molar-refractivity contribution in [3.63, 3.8) is 0 Å². The highest BCUT2D eigenvalue weighted by molar-refractivity contribution is 7.92. The zero-order valence-corrected chi connectivity index (χ0v) is 11.4. The molecule has 102 valence electrons. The number of rotatable bonds is 4. The van der Waals surface area contributed by atoms with Crippen molar-refractivity contribution in [3.8, 4) is 0 Å². The molecular formula is C12H14FN3O2S. The quantitative estimate of drug-likeness (QED) is 0.937. The number of aromatic nitrogens is 2. The lowest BCUT2D eigenvalue weighted by molar-refractivity contribution is 0.538. The van der Waals surface area contributed by atoms with E-state index in [1.807, 2.05) is 13.8 Å². The number of sulfonamides is 1. The average molecular weight is 283 g/mol. The number of benzene rings is 1. The largest absolute Gasteiger partial charge is 0.265 e. The molecule has 0 aliphatic carbocycles. The molecule has 0 spiro atoms. The Balaban J connectivity index is 2.37.